The van der Waals surface area contributed by atoms with Crippen LogP contribution in [0.4, 0.5) is 0 Å². The molecule has 1 N–H and O–H groups in total. The highest BCUT2D eigenvalue weighted by atomic mass is 32.1. The van der Waals surface area contributed by atoms with Gasteiger partial charge in [0.1, 0.15) is 0 Å². The lowest BCUT2D eigenvalue weighted by molar-refractivity contribution is -0.131. The fourth-order valence-electron chi connectivity index (χ4n) is 3.53. The fraction of sp³-hybridized carbons (Fsp3) is 0.261. The van der Waals surface area contributed by atoms with Crippen LogP contribution < -0.4 is 14.8 Å². The first-order valence-electron chi connectivity index (χ1n) is 10.1. The molecule has 31 heavy (non-hydrogen) atoms. The van der Waals surface area contributed by atoms with Crippen LogP contribution in [0.3, 0.4) is 0 Å². The Morgan fingerprint density at radius 1 is 1.13 bits per heavy atom. The summed E-state index contributed by atoms with van der Waals surface area (Å²) in [7, 11) is 0. The van der Waals surface area contributed by atoms with Gasteiger partial charge in [-0.15, -0.1) is 11.3 Å². The summed E-state index contributed by atoms with van der Waals surface area (Å²) in [4.78, 5) is 22.5. The smallest absolute Gasteiger partial charge is 0.264 e. The van der Waals surface area contributed by atoms with Gasteiger partial charge in [-0.05, 0) is 17.7 Å². The average Bonchev–Trinajstić information content (AvgIpc) is 3.55. The second-order valence-electron chi connectivity index (χ2n) is 7.35. The SMILES string of the molecule is O=C(NCCc1nc(-c2ccccc2)cs1)[C@@H]1CC(Cc2ccc3c(c2)OCO3)=NO1. The maximum atomic E-state index is 12.5. The Balaban J connectivity index is 1.08. The molecular weight excluding hydrogens is 414 g/mol. The molecule has 7 nitrogen and oxygen atoms in total. The first kappa shape index (κ1) is 19.6. The Morgan fingerprint density at radius 2 is 2.00 bits per heavy atom. The number of thiazole rings is 1. The zero-order valence-corrected chi connectivity index (χ0v) is 17.6. The Hall–Kier alpha value is -3.39. The van der Waals surface area contributed by atoms with Gasteiger partial charge >= 0.3 is 0 Å². The summed E-state index contributed by atoms with van der Waals surface area (Å²) in [6.07, 6.45) is 1.19. The van der Waals surface area contributed by atoms with Crippen molar-refractivity contribution in [1.82, 2.24) is 10.3 Å². The third-order valence-corrected chi connectivity index (χ3v) is 6.04. The highest BCUT2D eigenvalue weighted by Crippen LogP contribution is 2.33. The van der Waals surface area contributed by atoms with Crippen LogP contribution in [0.1, 0.15) is 17.0 Å². The van der Waals surface area contributed by atoms with E-state index >= 15 is 0 Å². The molecule has 158 valence electrons. The Morgan fingerprint density at radius 3 is 2.90 bits per heavy atom. The van der Waals surface area contributed by atoms with Crippen LogP contribution in [0.25, 0.3) is 11.3 Å². The van der Waals surface area contributed by atoms with E-state index in [4.69, 9.17) is 14.3 Å². The quantitative estimate of drug-likeness (QED) is 0.613. The van der Waals surface area contributed by atoms with Crippen molar-refractivity contribution in [3.8, 4) is 22.8 Å². The van der Waals surface area contributed by atoms with Gasteiger partial charge in [0.2, 0.25) is 12.9 Å². The minimum atomic E-state index is -0.583. The molecule has 0 unspecified atom stereocenters. The van der Waals surface area contributed by atoms with Gasteiger partial charge in [0.25, 0.3) is 5.91 Å². The summed E-state index contributed by atoms with van der Waals surface area (Å²) >= 11 is 1.60. The van der Waals surface area contributed by atoms with Crippen molar-refractivity contribution in [3.63, 3.8) is 0 Å². The number of carbonyl (C=O) groups is 1. The summed E-state index contributed by atoms with van der Waals surface area (Å²) in [5.41, 5.74) is 3.95. The molecule has 3 heterocycles. The van der Waals surface area contributed by atoms with Crippen molar-refractivity contribution in [3.05, 3.63) is 64.5 Å². The fourth-order valence-corrected chi connectivity index (χ4v) is 4.34. The first-order chi connectivity index (χ1) is 15.2. The molecule has 5 rings (SSSR count). The molecule has 2 aliphatic heterocycles. The summed E-state index contributed by atoms with van der Waals surface area (Å²) < 4.78 is 10.7. The first-order valence-corrected chi connectivity index (χ1v) is 11.0. The van der Waals surface area contributed by atoms with E-state index in [9.17, 15) is 4.79 Å². The molecule has 8 heteroatoms. The average molecular weight is 436 g/mol. The number of carbonyl (C=O) groups excluding carboxylic acids is 1. The van der Waals surface area contributed by atoms with Crippen LogP contribution in [0, 0.1) is 0 Å². The van der Waals surface area contributed by atoms with Gasteiger partial charge in [0, 0.05) is 36.8 Å². The van der Waals surface area contributed by atoms with Crippen LogP contribution in [0.15, 0.2) is 59.1 Å². The molecule has 1 atom stereocenters. The highest BCUT2D eigenvalue weighted by molar-refractivity contribution is 7.09. The molecular formula is C23H21N3O4S. The van der Waals surface area contributed by atoms with Crippen molar-refractivity contribution >= 4 is 23.0 Å². The zero-order chi connectivity index (χ0) is 21.0. The number of nitrogens with one attached hydrogen (secondary N) is 1. The van der Waals surface area contributed by atoms with Crippen LogP contribution in [-0.4, -0.2) is 36.0 Å². The van der Waals surface area contributed by atoms with Crippen molar-refractivity contribution in [2.75, 3.05) is 13.3 Å². The van der Waals surface area contributed by atoms with E-state index in [0.717, 1.165) is 39.0 Å². The van der Waals surface area contributed by atoms with Gasteiger partial charge in [-0.2, -0.15) is 0 Å². The van der Waals surface area contributed by atoms with Crippen molar-refractivity contribution in [2.45, 2.75) is 25.4 Å². The van der Waals surface area contributed by atoms with Gasteiger partial charge < -0.3 is 19.6 Å². The van der Waals surface area contributed by atoms with E-state index in [1.54, 1.807) is 11.3 Å². The summed E-state index contributed by atoms with van der Waals surface area (Å²) in [5.74, 6) is 1.34. The normalized spacial score (nSPS) is 16.6. The molecule has 1 amide bonds. The summed E-state index contributed by atoms with van der Waals surface area (Å²) in [6, 6.07) is 15.9. The van der Waals surface area contributed by atoms with Crippen LogP contribution >= 0.6 is 11.3 Å². The molecule has 0 bridgehead atoms. The lowest BCUT2D eigenvalue weighted by Crippen LogP contribution is -2.36. The van der Waals surface area contributed by atoms with Crippen LogP contribution in [-0.2, 0) is 22.5 Å². The lowest BCUT2D eigenvalue weighted by Gasteiger charge is -2.08. The van der Waals surface area contributed by atoms with Crippen LogP contribution in [0.5, 0.6) is 11.5 Å². The number of fused-ring (bicyclic) bond motifs is 1. The van der Waals surface area contributed by atoms with Gasteiger partial charge in [-0.1, -0.05) is 41.6 Å². The maximum Gasteiger partial charge on any atom is 0.264 e. The number of nitrogens with zero attached hydrogens (tertiary/aromatic N) is 2. The van der Waals surface area contributed by atoms with Crippen molar-refractivity contribution in [2.24, 2.45) is 5.16 Å². The number of hydrogen-bond donors (Lipinski definition) is 1. The second-order valence-corrected chi connectivity index (χ2v) is 8.30. The van der Waals surface area contributed by atoms with Gasteiger partial charge in [0.05, 0.1) is 16.4 Å². The summed E-state index contributed by atoms with van der Waals surface area (Å²) in [6.45, 7) is 0.761. The number of oxime groups is 1. The molecule has 3 aromatic rings. The van der Waals surface area contributed by atoms with E-state index in [0.29, 0.717) is 25.8 Å². The topological polar surface area (TPSA) is 82.0 Å². The molecule has 1 aromatic heterocycles. The van der Waals surface area contributed by atoms with E-state index < -0.39 is 6.10 Å². The number of aromatic nitrogens is 1. The maximum absolute atomic E-state index is 12.5. The standard InChI is InChI=1S/C23H21N3O4S/c27-23(24-9-8-22-25-18(13-31-22)16-4-2-1-3-5-16)21-12-17(26-30-21)10-15-6-7-19-20(11-15)29-14-28-19/h1-7,11,13,21H,8-10,12,14H2,(H,24,27)/t21-/m0/s1. The monoisotopic (exact) mass is 435 g/mol. The molecule has 0 saturated carbocycles. The van der Waals surface area contributed by atoms with Gasteiger partial charge in [0.15, 0.2) is 11.5 Å². The Kier molecular flexibility index (Phi) is 5.54. The number of rotatable bonds is 7. The number of ether oxygens (including phenoxy) is 2. The third-order valence-electron chi connectivity index (χ3n) is 5.13. The van der Waals surface area contributed by atoms with E-state index in [-0.39, 0.29) is 12.7 Å². The predicted molar refractivity (Wildman–Crippen MR) is 117 cm³/mol. The minimum absolute atomic E-state index is 0.149. The molecule has 0 aliphatic carbocycles. The largest absolute Gasteiger partial charge is 0.454 e. The minimum Gasteiger partial charge on any atom is -0.454 e. The Labute approximate surface area is 183 Å². The molecule has 0 radical (unpaired) electrons. The predicted octanol–water partition coefficient (Wildman–Crippen LogP) is 3.59. The molecule has 0 saturated heterocycles. The second kappa shape index (κ2) is 8.77. The summed E-state index contributed by atoms with van der Waals surface area (Å²) in [5, 5.41) is 10.1. The highest BCUT2D eigenvalue weighted by Gasteiger charge is 2.28. The molecule has 2 aromatic carbocycles. The molecule has 0 spiro atoms. The number of amides is 1. The zero-order valence-electron chi connectivity index (χ0n) is 16.7. The molecule has 0 fully saturated rings. The molecule has 2 aliphatic rings. The van der Waals surface area contributed by atoms with E-state index in [1.165, 1.54) is 0 Å². The van der Waals surface area contributed by atoms with Gasteiger partial charge in [-0.25, -0.2) is 4.98 Å². The lowest BCUT2D eigenvalue weighted by atomic mass is 10.0. The van der Waals surface area contributed by atoms with E-state index in [2.05, 4.69) is 15.5 Å². The van der Waals surface area contributed by atoms with Crippen LogP contribution in [0.2, 0.25) is 0 Å². The third kappa shape index (κ3) is 4.54. The van der Waals surface area contributed by atoms with Gasteiger partial charge in [-0.3, -0.25) is 4.79 Å². The van der Waals surface area contributed by atoms with E-state index in [1.807, 2.05) is 53.9 Å². The van der Waals surface area contributed by atoms with Crippen molar-refractivity contribution in [1.29, 1.82) is 0 Å². The van der Waals surface area contributed by atoms with Crippen molar-refractivity contribution < 1.29 is 19.1 Å². The Bertz CT molecular complexity index is 1110. The number of benzene rings is 2. The number of hydrogen-bond acceptors (Lipinski definition) is 7.